The van der Waals surface area contributed by atoms with Gasteiger partial charge in [-0.2, -0.15) is 0 Å². The number of nitrogens with one attached hydrogen (secondary N) is 1. The van der Waals surface area contributed by atoms with Gasteiger partial charge in [0.1, 0.15) is 0 Å². The second-order valence-corrected chi connectivity index (χ2v) is 7.45. The van der Waals surface area contributed by atoms with Crippen molar-refractivity contribution in [1.29, 1.82) is 0 Å². The Hall–Kier alpha value is -0.570. The van der Waals surface area contributed by atoms with E-state index in [1.54, 1.807) is 0 Å². The van der Waals surface area contributed by atoms with E-state index < -0.39 is 0 Å². The van der Waals surface area contributed by atoms with Crippen LogP contribution in [0.2, 0.25) is 0 Å². The summed E-state index contributed by atoms with van der Waals surface area (Å²) in [5, 5.41) is 3.52. The van der Waals surface area contributed by atoms with Crippen molar-refractivity contribution in [3.8, 4) is 0 Å². The first-order valence-corrected chi connectivity index (χ1v) is 7.75. The number of rotatable bonds is 5. The maximum absolute atomic E-state index is 12.5. The van der Waals surface area contributed by atoms with Gasteiger partial charge < -0.3 is 4.90 Å². The van der Waals surface area contributed by atoms with Crippen molar-refractivity contribution >= 4 is 5.91 Å². The van der Waals surface area contributed by atoms with E-state index in [2.05, 4.69) is 58.7 Å². The fourth-order valence-corrected chi connectivity index (χ4v) is 2.52. The molecule has 1 saturated heterocycles. The average Bonchev–Trinajstić information content (AvgIpc) is 2.57. The summed E-state index contributed by atoms with van der Waals surface area (Å²) in [6.07, 6.45) is 2.20. The van der Waals surface area contributed by atoms with Gasteiger partial charge in [0, 0.05) is 6.54 Å². The minimum absolute atomic E-state index is 0.0320. The van der Waals surface area contributed by atoms with Crippen LogP contribution in [0.15, 0.2) is 0 Å². The highest BCUT2D eigenvalue weighted by atomic mass is 16.2. The van der Waals surface area contributed by atoms with E-state index in [-0.39, 0.29) is 17.6 Å². The molecule has 0 bridgehead atoms. The molecule has 0 aromatic rings. The zero-order chi connectivity index (χ0) is 14.8. The molecule has 1 amide bonds. The Labute approximate surface area is 119 Å². The summed E-state index contributed by atoms with van der Waals surface area (Å²) in [6.45, 7) is 16.4. The van der Waals surface area contributed by atoms with Crippen LogP contribution >= 0.6 is 0 Å². The van der Waals surface area contributed by atoms with Crippen molar-refractivity contribution in [3.63, 3.8) is 0 Å². The highest BCUT2D eigenvalue weighted by Gasteiger charge is 2.40. The maximum atomic E-state index is 12.5. The van der Waals surface area contributed by atoms with Crippen molar-refractivity contribution in [3.05, 3.63) is 0 Å². The van der Waals surface area contributed by atoms with E-state index in [0.29, 0.717) is 17.7 Å². The van der Waals surface area contributed by atoms with Gasteiger partial charge in [0.15, 0.2) is 0 Å². The van der Waals surface area contributed by atoms with Crippen LogP contribution in [-0.4, -0.2) is 29.6 Å². The van der Waals surface area contributed by atoms with Crippen LogP contribution < -0.4 is 5.32 Å². The van der Waals surface area contributed by atoms with Crippen molar-refractivity contribution in [2.24, 2.45) is 17.3 Å². The van der Waals surface area contributed by atoms with Gasteiger partial charge in [-0.3, -0.25) is 10.1 Å². The monoisotopic (exact) mass is 268 g/mol. The molecule has 3 heteroatoms. The van der Waals surface area contributed by atoms with Gasteiger partial charge >= 0.3 is 0 Å². The van der Waals surface area contributed by atoms with Crippen molar-refractivity contribution < 1.29 is 4.79 Å². The van der Waals surface area contributed by atoms with Crippen LogP contribution in [0.3, 0.4) is 0 Å². The van der Waals surface area contributed by atoms with Gasteiger partial charge in [0.2, 0.25) is 5.91 Å². The number of amides is 1. The van der Waals surface area contributed by atoms with E-state index in [0.717, 1.165) is 19.4 Å². The van der Waals surface area contributed by atoms with Crippen LogP contribution in [0.25, 0.3) is 0 Å². The smallest absolute Gasteiger partial charge is 0.241 e. The fraction of sp³-hybridized carbons (Fsp3) is 0.938. The van der Waals surface area contributed by atoms with E-state index in [1.807, 2.05) is 0 Å². The first-order chi connectivity index (χ1) is 8.68. The SMILES string of the molecule is CCCC1NC(C(C)C)N(CC(C)C(C)(C)C)C1=O. The summed E-state index contributed by atoms with van der Waals surface area (Å²) >= 11 is 0. The summed E-state index contributed by atoms with van der Waals surface area (Å²) in [4.78, 5) is 14.6. The average molecular weight is 268 g/mol. The molecule has 0 aromatic carbocycles. The second kappa shape index (κ2) is 6.25. The number of hydrogen-bond donors (Lipinski definition) is 1. The third-order valence-electron chi connectivity index (χ3n) is 4.45. The van der Waals surface area contributed by atoms with Crippen LogP contribution in [0.1, 0.15) is 61.3 Å². The lowest BCUT2D eigenvalue weighted by Crippen LogP contribution is -2.45. The first-order valence-electron chi connectivity index (χ1n) is 7.75. The number of carbonyl (C=O) groups excluding carboxylic acids is 1. The largest absolute Gasteiger partial charge is 0.325 e. The molecular weight excluding hydrogens is 236 g/mol. The molecule has 0 radical (unpaired) electrons. The molecule has 0 aromatic heterocycles. The molecule has 1 N–H and O–H groups in total. The van der Waals surface area contributed by atoms with Gasteiger partial charge in [-0.15, -0.1) is 0 Å². The van der Waals surface area contributed by atoms with Gasteiger partial charge in [-0.1, -0.05) is 54.9 Å². The Morgan fingerprint density at radius 3 is 2.26 bits per heavy atom. The zero-order valence-corrected chi connectivity index (χ0v) is 13.8. The highest BCUT2D eigenvalue weighted by Crippen LogP contribution is 2.29. The topological polar surface area (TPSA) is 32.3 Å². The third kappa shape index (κ3) is 3.95. The van der Waals surface area contributed by atoms with E-state index in [1.165, 1.54) is 0 Å². The molecule has 3 nitrogen and oxygen atoms in total. The quantitative estimate of drug-likeness (QED) is 0.830. The summed E-state index contributed by atoms with van der Waals surface area (Å²) < 4.78 is 0. The van der Waals surface area contributed by atoms with Crippen LogP contribution in [-0.2, 0) is 4.79 Å². The Bertz CT molecular complexity index is 306. The molecule has 3 unspecified atom stereocenters. The molecule has 1 aliphatic heterocycles. The maximum Gasteiger partial charge on any atom is 0.241 e. The van der Waals surface area contributed by atoms with E-state index >= 15 is 0 Å². The predicted octanol–water partition coefficient (Wildman–Crippen LogP) is 3.25. The molecule has 19 heavy (non-hydrogen) atoms. The lowest BCUT2D eigenvalue weighted by atomic mass is 9.81. The standard InChI is InChI=1S/C16H32N2O/c1-8-9-13-15(19)18(14(17-13)11(2)3)10-12(4)16(5,6)7/h11-14,17H,8-10H2,1-7H3. The van der Waals surface area contributed by atoms with Crippen LogP contribution in [0, 0.1) is 17.3 Å². The van der Waals surface area contributed by atoms with Crippen molar-refractivity contribution in [2.75, 3.05) is 6.54 Å². The normalized spacial score (nSPS) is 26.3. The Balaban J connectivity index is 2.80. The molecule has 1 aliphatic rings. The molecule has 0 saturated carbocycles. The summed E-state index contributed by atoms with van der Waals surface area (Å²) in [7, 11) is 0. The number of hydrogen-bond acceptors (Lipinski definition) is 2. The molecule has 112 valence electrons. The zero-order valence-electron chi connectivity index (χ0n) is 13.8. The molecular formula is C16H32N2O. The summed E-state index contributed by atoms with van der Waals surface area (Å²) in [5.41, 5.74) is 0.241. The third-order valence-corrected chi connectivity index (χ3v) is 4.45. The molecule has 1 fully saturated rings. The summed E-state index contributed by atoms with van der Waals surface area (Å²) in [6, 6.07) is 0.0320. The predicted molar refractivity (Wildman–Crippen MR) is 80.8 cm³/mol. The van der Waals surface area contributed by atoms with Gasteiger partial charge in [0.05, 0.1) is 12.2 Å². The second-order valence-electron chi connectivity index (χ2n) is 7.45. The Morgan fingerprint density at radius 2 is 1.84 bits per heavy atom. The fourth-order valence-electron chi connectivity index (χ4n) is 2.52. The van der Waals surface area contributed by atoms with Crippen molar-refractivity contribution in [1.82, 2.24) is 10.2 Å². The minimum Gasteiger partial charge on any atom is -0.325 e. The molecule has 1 heterocycles. The van der Waals surface area contributed by atoms with E-state index in [9.17, 15) is 4.79 Å². The Kier molecular flexibility index (Phi) is 5.43. The Morgan fingerprint density at radius 1 is 1.26 bits per heavy atom. The van der Waals surface area contributed by atoms with Gasteiger partial charge in [-0.25, -0.2) is 0 Å². The van der Waals surface area contributed by atoms with Crippen molar-refractivity contribution in [2.45, 2.75) is 73.5 Å². The molecule has 1 rings (SSSR count). The van der Waals surface area contributed by atoms with Gasteiger partial charge in [-0.05, 0) is 23.7 Å². The first kappa shape index (κ1) is 16.5. The highest BCUT2D eigenvalue weighted by molar-refractivity contribution is 5.84. The molecule has 0 aliphatic carbocycles. The number of nitrogens with zero attached hydrogens (tertiary/aromatic N) is 1. The van der Waals surface area contributed by atoms with Crippen LogP contribution in [0.5, 0.6) is 0 Å². The van der Waals surface area contributed by atoms with E-state index in [4.69, 9.17) is 0 Å². The minimum atomic E-state index is 0.0320. The number of carbonyl (C=O) groups is 1. The lowest BCUT2D eigenvalue weighted by molar-refractivity contribution is -0.131. The lowest BCUT2D eigenvalue weighted by Gasteiger charge is -2.35. The molecule has 0 spiro atoms. The molecule has 3 atom stereocenters. The van der Waals surface area contributed by atoms with Gasteiger partial charge in [0.25, 0.3) is 0 Å². The summed E-state index contributed by atoms with van der Waals surface area (Å²) in [5.74, 6) is 1.26. The van der Waals surface area contributed by atoms with Crippen LogP contribution in [0.4, 0.5) is 0 Å².